The van der Waals surface area contributed by atoms with E-state index in [9.17, 15) is 4.79 Å². The van der Waals surface area contributed by atoms with Crippen molar-refractivity contribution in [2.24, 2.45) is 0 Å². The summed E-state index contributed by atoms with van der Waals surface area (Å²) in [5.41, 5.74) is 0.628. The highest BCUT2D eigenvalue weighted by Gasteiger charge is 2.09. The first-order valence-corrected chi connectivity index (χ1v) is 4.09. The topological polar surface area (TPSA) is 63.2 Å². The van der Waals surface area contributed by atoms with Gasteiger partial charge in [-0.3, -0.25) is 0 Å². The molecule has 0 amide bonds. The van der Waals surface area contributed by atoms with Crippen LogP contribution in [0.3, 0.4) is 0 Å². The number of furan rings is 1. The van der Waals surface area contributed by atoms with E-state index in [4.69, 9.17) is 9.68 Å². The van der Waals surface area contributed by atoms with Gasteiger partial charge in [0, 0.05) is 5.56 Å². The van der Waals surface area contributed by atoms with Crippen molar-refractivity contribution in [1.82, 2.24) is 0 Å². The molecular formula is C10H9NO3. The molecule has 0 aliphatic rings. The molecule has 0 spiro atoms. The van der Waals surface area contributed by atoms with Crippen LogP contribution in [-0.2, 0) is 9.53 Å². The molecule has 72 valence electrons. The third-order valence-corrected chi connectivity index (χ3v) is 1.47. The van der Waals surface area contributed by atoms with Gasteiger partial charge >= 0.3 is 5.97 Å². The number of rotatable bonds is 3. The van der Waals surface area contributed by atoms with Gasteiger partial charge in [0.2, 0.25) is 0 Å². The van der Waals surface area contributed by atoms with E-state index >= 15 is 0 Å². The lowest BCUT2D eigenvalue weighted by atomic mass is 10.2. The molecule has 4 nitrogen and oxygen atoms in total. The van der Waals surface area contributed by atoms with Gasteiger partial charge < -0.3 is 9.15 Å². The van der Waals surface area contributed by atoms with Gasteiger partial charge in [0.1, 0.15) is 11.6 Å². The van der Waals surface area contributed by atoms with Crippen molar-refractivity contribution in [1.29, 1.82) is 5.26 Å². The number of carbonyl (C=O) groups excluding carboxylic acids is 1. The summed E-state index contributed by atoms with van der Waals surface area (Å²) in [6.45, 7) is 1.94. The predicted molar refractivity (Wildman–Crippen MR) is 48.9 cm³/mol. The van der Waals surface area contributed by atoms with Crippen LogP contribution in [0.5, 0.6) is 0 Å². The van der Waals surface area contributed by atoms with Crippen LogP contribution in [0.1, 0.15) is 12.5 Å². The van der Waals surface area contributed by atoms with Crippen molar-refractivity contribution < 1.29 is 13.9 Å². The van der Waals surface area contributed by atoms with E-state index in [1.807, 2.05) is 0 Å². The maximum absolute atomic E-state index is 11.2. The van der Waals surface area contributed by atoms with Crippen molar-refractivity contribution >= 4 is 12.0 Å². The van der Waals surface area contributed by atoms with Crippen LogP contribution in [0.25, 0.3) is 6.08 Å². The molecular weight excluding hydrogens is 182 g/mol. The van der Waals surface area contributed by atoms with Crippen LogP contribution in [0.2, 0.25) is 0 Å². The van der Waals surface area contributed by atoms with Crippen molar-refractivity contribution in [2.45, 2.75) is 6.92 Å². The number of carbonyl (C=O) groups is 1. The van der Waals surface area contributed by atoms with E-state index in [0.29, 0.717) is 5.56 Å². The Morgan fingerprint density at radius 1 is 1.79 bits per heavy atom. The first kappa shape index (κ1) is 10.1. The summed E-state index contributed by atoms with van der Waals surface area (Å²) in [6.07, 6.45) is 4.32. The van der Waals surface area contributed by atoms with E-state index in [1.165, 1.54) is 18.6 Å². The van der Waals surface area contributed by atoms with Crippen molar-refractivity contribution in [3.63, 3.8) is 0 Å². The van der Waals surface area contributed by atoms with Gasteiger partial charge in [-0.15, -0.1) is 0 Å². The Morgan fingerprint density at radius 2 is 2.57 bits per heavy atom. The second-order valence-corrected chi connectivity index (χ2v) is 2.45. The van der Waals surface area contributed by atoms with Crippen molar-refractivity contribution in [3.05, 3.63) is 29.7 Å². The Labute approximate surface area is 81.4 Å². The molecule has 1 aromatic rings. The number of hydrogen-bond acceptors (Lipinski definition) is 4. The van der Waals surface area contributed by atoms with Crippen molar-refractivity contribution in [3.8, 4) is 6.07 Å². The molecule has 0 unspecified atom stereocenters. The second kappa shape index (κ2) is 4.87. The quantitative estimate of drug-likeness (QED) is 0.414. The SMILES string of the molecule is CCOC(=O)C(C#N)=Cc1ccoc1. The zero-order valence-electron chi connectivity index (χ0n) is 7.69. The molecule has 0 fully saturated rings. The van der Waals surface area contributed by atoms with E-state index in [-0.39, 0.29) is 12.2 Å². The standard InChI is InChI=1S/C10H9NO3/c1-2-14-10(12)9(6-11)5-8-3-4-13-7-8/h3-5,7H,2H2,1H3. The average Bonchev–Trinajstić information content (AvgIpc) is 2.66. The number of nitriles is 1. The van der Waals surface area contributed by atoms with Crippen LogP contribution in [0.15, 0.2) is 28.6 Å². The Balaban J connectivity index is 2.83. The summed E-state index contributed by atoms with van der Waals surface area (Å²) >= 11 is 0. The summed E-state index contributed by atoms with van der Waals surface area (Å²) in [7, 11) is 0. The number of nitrogens with zero attached hydrogens (tertiary/aromatic N) is 1. The van der Waals surface area contributed by atoms with Crippen LogP contribution < -0.4 is 0 Å². The zero-order valence-corrected chi connectivity index (χ0v) is 7.69. The van der Waals surface area contributed by atoms with Gasteiger partial charge in [-0.25, -0.2) is 4.79 Å². The minimum atomic E-state index is -0.615. The molecule has 0 N–H and O–H groups in total. The summed E-state index contributed by atoms with van der Waals surface area (Å²) in [5, 5.41) is 8.67. The maximum Gasteiger partial charge on any atom is 0.348 e. The highest BCUT2D eigenvalue weighted by molar-refractivity contribution is 5.97. The Hall–Kier alpha value is -2.02. The molecule has 0 saturated heterocycles. The van der Waals surface area contributed by atoms with Gasteiger partial charge in [-0.2, -0.15) is 5.26 Å². The molecule has 0 aliphatic heterocycles. The molecule has 0 radical (unpaired) electrons. The molecule has 14 heavy (non-hydrogen) atoms. The molecule has 1 heterocycles. The van der Waals surface area contributed by atoms with Crippen LogP contribution in [0.4, 0.5) is 0 Å². The first-order chi connectivity index (χ1) is 6.77. The molecule has 0 saturated carbocycles. The molecule has 0 bridgehead atoms. The third kappa shape index (κ3) is 2.49. The highest BCUT2D eigenvalue weighted by atomic mass is 16.5. The molecule has 1 rings (SSSR count). The Bertz CT molecular complexity index is 371. The maximum atomic E-state index is 11.2. The number of ether oxygens (including phenoxy) is 1. The molecule has 1 aromatic heterocycles. The van der Waals surface area contributed by atoms with Crippen LogP contribution in [0, 0.1) is 11.3 Å². The molecule has 0 atom stereocenters. The molecule has 0 aliphatic carbocycles. The van der Waals surface area contributed by atoms with E-state index in [2.05, 4.69) is 4.74 Å². The summed E-state index contributed by atoms with van der Waals surface area (Å²) in [5.74, 6) is -0.615. The highest BCUT2D eigenvalue weighted by Crippen LogP contribution is 2.08. The summed E-state index contributed by atoms with van der Waals surface area (Å²) in [6, 6.07) is 3.42. The molecule has 0 aromatic carbocycles. The Morgan fingerprint density at radius 3 is 3.07 bits per heavy atom. The summed E-state index contributed by atoms with van der Waals surface area (Å²) < 4.78 is 9.48. The normalized spacial score (nSPS) is 10.7. The van der Waals surface area contributed by atoms with Gasteiger partial charge in [0.25, 0.3) is 0 Å². The van der Waals surface area contributed by atoms with Gasteiger partial charge in [-0.1, -0.05) is 0 Å². The fraction of sp³-hybridized carbons (Fsp3) is 0.200. The average molecular weight is 191 g/mol. The summed E-state index contributed by atoms with van der Waals surface area (Å²) in [4.78, 5) is 11.2. The van der Waals surface area contributed by atoms with Gasteiger partial charge in [-0.05, 0) is 19.1 Å². The van der Waals surface area contributed by atoms with E-state index in [0.717, 1.165) is 0 Å². The lowest BCUT2D eigenvalue weighted by Crippen LogP contribution is -2.05. The van der Waals surface area contributed by atoms with Crippen LogP contribution in [-0.4, -0.2) is 12.6 Å². The minimum Gasteiger partial charge on any atom is -0.472 e. The first-order valence-electron chi connectivity index (χ1n) is 4.09. The number of hydrogen-bond donors (Lipinski definition) is 0. The zero-order chi connectivity index (χ0) is 10.4. The minimum absolute atomic E-state index is 0.0340. The monoisotopic (exact) mass is 191 g/mol. The van der Waals surface area contributed by atoms with Gasteiger partial charge in [0.15, 0.2) is 0 Å². The van der Waals surface area contributed by atoms with Crippen LogP contribution >= 0.6 is 0 Å². The second-order valence-electron chi connectivity index (χ2n) is 2.45. The van der Waals surface area contributed by atoms with Gasteiger partial charge in [0.05, 0.1) is 19.1 Å². The smallest absolute Gasteiger partial charge is 0.348 e. The lowest BCUT2D eigenvalue weighted by molar-refractivity contribution is -0.137. The third-order valence-electron chi connectivity index (χ3n) is 1.47. The molecule has 4 heteroatoms. The lowest BCUT2D eigenvalue weighted by Gasteiger charge is -1.97. The fourth-order valence-electron chi connectivity index (χ4n) is 0.869. The predicted octanol–water partition coefficient (Wildman–Crippen LogP) is 1.75. The number of esters is 1. The largest absolute Gasteiger partial charge is 0.472 e. The Kier molecular flexibility index (Phi) is 3.50. The fourth-order valence-corrected chi connectivity index (χ4v) is 0.869. The van der Waals surface area contributed by atoms with E-state index < -0.39 is 5.97 Å². The van der Waals surface area contributed by atoms with Crippen molar-refractivity contribution in [2.75, 3.05) is 6.61 Å². The van der Waals surface area contributed by atoms with E-state index in [1.54, 1.807) is 19.1 Å².